The van der Waals surface area contributed by atoms with E-state index < -0.39 is 5.54 Å². The van der Waals surface area contributed by atoms with Crippen molar-refractivity contribution in [2.45, 2.75) is 58.1 Å². The van der Waals surface area contributed by atoms with Crippen LogP contribution in [0, 0.1) is 5.92 Å². The van der Waals surface area contributed by atoms with Crippen molar-refractivity contribution in [1.82, 2.24) is 10.2 Å². The monoisotopic (exact) mass is 282 g/mol. The van der Waals surface area contributed by atoms with Crippen LogP contribution in [-0.2, 0) is 14.3 Å². The Labute approximate surface area is 121 Å². The molecule has 5 nitrogen and oxygen atoms in total. The largest absolute Gasteiger partial charge is 0.379 e. The van der Waals surface area contributed by atoms with E-state index >= 15 is 0 Å². The quantitative estimate of drug-likeness (QED) is 0.716. The molecule has 1 heterocycles. The molecule has 1 unspecified atom stereocenters. The third-order valence-electron chi connectivity index (χ3n) is 4.13. The lowest BCUT2D eigenvalue weighted by atomic mass is 9.91. The van der Waals surface area contributed by atoms with E-state index in [2.05, 4.69) is 5.32 Å². The minimum Gasteiger partial charge on any atom is -0.379 e. The van der Waals surface area contributed by atoms with Crippen molar-refractivity contribution in [3.63, 3.8) is 0 Å². The highest BCUT2D eigenvalue weighted by molar-refractivity contribution is 5.98. The second-order valence-electron chi connectivity index (χ2n) is 6.38. The number of ether oxygens (including phenoxy) is 1. The van der Waals surface area contributed by atoms with Crippen LogP contribution < -0.4 is 5.32 Å². The van der Waals surface area contributed by atoms with Crippen LogP contribution in [0.4, 0.5) is 0 Å². The lowest BCUT2D eigenvalue weighted by Crippen LogP contribution is -2.66. The Morgan fingerprint density at radius 1 is 1.35 bits per heavy atom. The highest BCUT2D eigenvalue weighted by Gasteiger charge is 2.52. The Kier molecular flexibility index (Phi) is 4.68. The van der Waals surface area contributed by atoms with Gasteiger partial charge in [0.25, 0.3) is 0 Å². The molecule has 1 aliphatic carbocycles. The molecule has 0 aromatic heterocycles. The number of hydrogen-bond donors (Lipinski definition) is 1. The summed E-state index contributed by atoms with van der Waals surface area (Å²) >= 11 is 0. The third-order valence-corrected chi connectivity index (χ3v) is 4.13. The number of piperazine rings is 1. The van der Waals surface area contributed by atoms with Gasteiger partial charge in [-0.05, 0) is 52.4 Å². The van der Waals surface area contributed by atoms with Gasteiger partial charge in [0.15, 0.2) is 0 Å². The zero-order chi connectivity index (χ0) is 14.8. The molecule has 0 spiro atoms. The second kappa shape index (κ2) is 6.12. The summed E-state index contributed by atoms with van der Waals surface area (Å²) in [6.45, 7) is 7.46. The highest BCUT2D eigenvalue weighted by atomic mass is 16.5. The van der Waals surface area contributed by atoms with Crippen LogP contribution >= 0.6 is 0 Å². The van der Waals surface area contributed by atoms with E-state index in [0.717, 1.165) is 25.7 Å². The Hall–Kier alpha value is -1.10. The van der Waals surface area contributed by atoms with E-state index in [1.807, 2.05) is 20.8 Å². The highest BCUT2D eigenvalue weighted by Crippen LogP contribution is 2.41. The van der Waals surface area contributed by atoms with Crippen LogP contribution in [0.3, 0.4) is 0 Å². The number of carbonyl (C=O) groups is 2. The van der Waals surface area contributed by atoms with Gasteiger partial charge in [-0.25, -0.2) is 0 Å². The lowest BCUT2D eigenvalue weighted by Gasteiger charge is -2.40. The third kappa shape index (κ3) is 3.51. The number of amides is 2. The predicted molar refractivity (Wildman–Crippen MR) is 76.2 cm³/mol. The summed E-state index contributed by atoms with van der Waals surface area (Å²) in [5.74, 6) is 0.382. The minimum absolute atomic E-state index is 0.0302. The maximum Gasteiger partial charge on any atom is 0.248 e. The Balaban J connectivity index is 1.81. The molecule has 1 saturated carbocycles. The van der Waals surface area contributed by atoms with Crippen molar-refractivity contribution >= 4 is 11.8 Å². The van der Waals surface area contributed by atoms with Crippen molar-refractivity contribution < 1.29 is 14.3 Å². The standard InChI is InChI=1S/C15H26N2O3/c1-11(2)20-9-5-4-8-17-10-13(18)16-15(3,14(17)19)12-6-7-12/h11-12H,4-10H2,1-3H3,(H,16,18). The molecule has 0 bridgehead atoms. The maximum absolute atomic E-state index is 12.5. The fourth-order valence-corrected chi connectivity index (χ4v) is 2.80. The lowest BCUT2D eigenvalue weighted by molar-refractivity contribution is -0.150. The number of carbonyl (C=O) groups excluding carboxylic acids is 2. The van der Waals surface area contributed by atoms with E-state index in [4.69, 9.17) is 4.74 Å². The summed E-state index contributed by atoms with van der Waals surface area (Å²) in [4.78, 5) is 26.1. The Bertz CT molecular complexity index is 379. The van der Waals surface area contributed by atoms with Gasteiger partial charge in [0.05, 0.1) is 12.6 Å². The second-order valence-corrected chi connectivity index (χ2v) is 6.38. The first kappa shape index (κ1) is 15.3. The molecular weight excluding hydrogens is 256 g/mol. The first-order valence-corrected chi connectivity index (χ1v) is 7.65. The molecular formula is C15H26N2O3. The molecule has 2 amide bonds. The summed E-state index contributed by atoms with van der Waals surface area (Å²) in [5, 5.41) is 2.90. The zero-order valence-electron chi connectivity index (χ0n) is 12.8. The van der Waals surface area contributed by atoms with Crippen LogP contribution in [-0.4, -0.2) is 48.1 Å². The smallest absolute Gasteiger partial charge is 0.248 e. The fraction of sp³-hybridized carbons (Fsp3) is 0.867. The number of hydrogen-bond acceptors (Lipinski definition) is 3. The number of unbranched alkanes of at least 4 members (excludes halogenated alkanes) is 1. The van der Waals surface area contributed by atoms with Gasteiger partial charge in [-0.1, -0.05) is 0 Å². The van der Waals surface area contributed by atoms with Crippen molar-refractivity contribution in [3.8, 4) is 0 Å². The van der Waals surface area contributed by atoms with E-state index in [0.29, 0.717) is 19.1 Å². The summed E-state index contributed by atoms with van der Waals surface area (Å²) in [7, 11) is 0. The SMILES string of the molecule is CC(C)OCCCCN1CC(=O)NC(C)(C2CC2)C1=O. The Morgan fingerprint density at radius 2 is 2.05 bits per heavy atom. The van der Waals surface area contributed by atoms with Crippen LogP contribution in [0.25, 0.3) is 0 Å². The number of nitrogens with one attached hydrogen (secondary N) is 1. The molecule has 1 aliphatic heterocycles. The van der Waals surface area contributed by atoms with E-state index in [1.54, 1.807) is 4.90 Å². The molecule has 1 saturated heterocycles. The average Bonchev–Trinajstić information content (AvgIpc) is 3.18. The zero-order valence-corrected chi connectivity index (χ0v) is 12.8. The van der Waals surface area contributed by atoms with E-state index in [9.17, 15) is 9.59 Å². The van der Waals surface area contributed by atoms with Crippen molar-refractivity contribution in [1.29, 1.82) is 0 Å². The van der Waals surface area contributed by atoms with E-state index in [1.165, 1.54) is 0 Å². The van der Waals surface area contributed by atoms with Crippen LogP contribution in [0.5, 0.6) is 0 Å². The molecule has 20 heavy (non-hydrogen) atoms. The first-order chi connectivity index (χ1) is 9.43. The summed E-state index contributed by atoms with van der Waals surface area (Å²) in [6.07, 6.45) is 4.13. The van der Waals surface area contributed by atoms with Crippen molar-refractivity contribution in [3.05, 3.63) is 0 Å². The number of nitrogens with zero attached hydrogens (tertiary/aromatic N) is 1. The van der Waals surface area contributed by atoms with Gasteiger partial charge >= 0.3 is 0 Å². The summed E-state index contributed by atoms with van der Waals surface area (Å²) in [5.41, 5.74) is -0.663. The summed E-state index contributed by atoms with van der Waals surface area (Å²) in [6, 6.07) is 0. The average molecular weight is 282 g/mol. The molecule has 1 N–H and O–H groups in total. The number of rotatable bonds is 7. The summed E-state index contributed by atoms with van der Waals surface area (Å²) < 4.78 is 5.49. The molecule has 2 rings (SSSR count). The van der Waals surface area contributed by atoms with Gasteiger partial charge in [-0.15, -0.1) is 0 Å². The molecule has 0 radical (unpaired) electrons. The van der Waals surface area contributed by atoms with Gasteiger partial charge in [0, 0.05) is 13.2 Å². The van der Waals surface area contributed by atoms with Gasteiger partial charge in [0.2, 0.25) is 11.8 Å². The Morgan fingerprint density at radius 3 is 2.65 bits per heavy atom. The molecule has 2 aliphatic rings. The van der Waals surface area contributed by atoms with Crippen molar-refractivity contribution in [2.75, 3.05) is 19.7 Å². The van der Waals surface area contributed by atoms with Gasteiger partial charge in [-0.3, -0.25) is 9.59 Å². The topological polar surface area (TPSA) is 58.6 Å². The molecule has 1 atom stereocenters. The van der Waals surface area contributed by atoms with Gasteiger partial charge < -0.3 is 15.0 Å². The normalized spacial score (nSPS) is 27.1. The fourth-order valence-electron chi connectivity index (χ4n) is 2.80. The van der Waals surface area contributed by atoms with E-state index in [-0.39, 0.29) is 24.5 Å². The van der Waals surface area contributed by atoms with Crippen LogP contribution in [0.1, 0.15) is 46.5 Å². The van der Waals surface area contributed by atoms with Crippen molar-refractivity contribution in [2.24, 2.45) is 5.92 Å². The van der Waals surface area contributed by atoms with Crippen LogP contribution in [0.2, 0.25) is 0 Å². The first-order valence-electron chi connectivity index (χ1n) is 7.65. The minimum atomic E-state index is -0.663. The molecule has 114 valence electrons. The maximum atomic E-state index is 12.5. The van der Waals surface area contributed by atoms with Crippen LogP contribution in [0.15, 0.2) is 0 Å². The predicted octanol–water partition coefficient (Wildman–Crippen LogP) is 1.32. The molecule has 2 fully saturated rings. The molecule has 5 heteroatoms. The molecule has 0 aromatic rings. The molecule has 0 aromatic carbocycles. The van der Waals surface area contributed by atoms with Gasteiger partial charge in [0.1, 0.15) is 5.54 Å². The van der Waals surface area contributed by atoms with Gasteiger partial charge in [-0.2, -0.15) is 0 Å².